The molecule has 2 aromatic carbocycles. The highest BCUT2D eigenvalue weighted by molar-refractivity contribution is 6.30. The molecule has 0 aliphatic carbocycles. The van der Waals surface area contributed by atoms with Crippen LogP contribution in [0.4, 0.5) is 0 Å². The minimum absolute atomic E-state index is 0.00681. The van der Waals surface area contributed by atoms with E-state index in [2.05, 4.69) is 6.58 Å². The van der Waals surface area contributed by atoms with Crippen LogP contribution in [0.15, 0.2) is 67.3 Å². The zero-order valence-electron chi connectivity index (χ0n) is 18.3. The van der Waals surface area contributed by atoms with Crippen LogP contribution in [0, 0.1) is 5.92 Å². The third kappa shape index (κ3) is 8.30. The molecule has 170 valence electrons. The van der Waals surface area contributed by atoms with Crippen LogP contribution >= 0.6 is 23.2 Å². The topological polar surface area (TPSA) is 60.8 Å². The number of piperidine rings is 1. The Morgan fingerprint density at radius 3 is 2.10 bits per heavy atom. The molecule has 6 heteroatoms. The first-order valence-electron chi connectivity index (χ1n) is 10.5. The van der Waals surface area contributed by atoms with Crippen LogP contribution in [-0.2, 0) is 4.79 Å². The lowest BCUT2D eigenvalue weighted by molar-refractivity contribution is -0.146. The molecule has 1 saturated heterocycles. The van der Waals surface area contributed by atoms with E-state index < -0.39 is 0 Å². The summed E-state index contributed by atoms with van der Waals surface area (Å²) in [6, 6.07) is 17.0. The van der Waals surface area contributed by atoms with E-state index in [-0.39, 0.29) is 30.5 Å². The summed E-state index contributed by atoms with van der Waals surface area (Å²) in [4.78, 5) is 14.8. The molecule has 3 atom stereocenters. The lowest BCUT2D eigenvalue weighted by atomic mass is 9.85. The van der Waals surface area contributed by atoms with Crippen molar-refractivity contribution in [2.24, 2.45) is 5.92 Å². The molecule has 1 aliphatic heterocycles. The minimum atomic E-state index is -0.138. The summed E-state index contributed by atoms with van der Waals surface area (Å²) in [7, 11) is 1.00. The summed E-state index contributed by atoms with van der Waals surface area (Å²) in [5.41, 5.74) is 1.08. The normalized spacial score (nSPS) is 18.8. The fraction of sp³-hybridized carbons (Fsp3) is 0.400. The predicted octanol–water partition coefficient (Wildman–Crippen LogP) is 5.92. The second-order valence-electron chi connectivity index (χ2n) is 7.15. The minimum Gasteiger partial charge on any atom is -0.400 e. The zero-order chi connectivity index (χ0) is 23.2. The maximum absolute atomic E-state index is 12.9. The van der Waals surface area contributed by atoms with Crippen LogP contribution in [0.1, 0.15) is 44.2 Å². The summed E-state index contributed by atoms with van der Waals surface area (Å²) < 4.78 is 0. The van der Waals surface area contributed by atoms with Crippen molar-refractivity contribution in [3.8, 4) is 0 Å². The van der Waals surface area contributed by atoms with Gasteiger partial charge in [0.05, 0.1) is 18.7 Å². The molecule has 1 heterocycles. The van der Waals surface area contributed by atoms with Crippen molar-refractivity contribution in [1.29, 1.82) is 0 Å². The van der Waals surface area contributed by atoms with Gasteiger partial charge < -0.3 is 15.1 Å². The highest BCUT2D eigenvalue weighted by atomic mass is 35.5. The van der Waals surface area contributed by atoms with E-state index in [1.54, 1.807) is 0 Å². The lowest BCUT2D eigenvalue weighted by Crippen LogP contribution is -2.50. The Morgan fingerprint density at radius 1 is 1.06 bits per heavy atom. The number of likely N-dealkylation sites (tertiary alicyclic amines) is 1. The molecule has 0 spiro atoms. The van der Waals surface area contributed by atoms with Gasteiger partial charge in [-0.25, -0.2) is 0 Å². The summed E-state index contributed by atoms with van der Waals surface area (Å²) >= 11 is 11.5. The predicted molar refractivity (Wildman–Crippen MR) is 129 cm³/mol. The van der Waals surface area contributed by atoms with E-state index in [4.69, 9.17) is 28.3 Å². The van der Waals surface area contributed by atoms with Crippen molar-refractivity contribution in [1.82, 2.24) is 4.90 Å². The van der Waals surface area contributed by atoms with Crippen molar-refractivity contribution >= 4 is 29.1 Å². The van der Waals surface area contributed by atoms with Gasteiger partial charge in [0.1, 0.15) is 0 Å². The lowest BCUT2D eigenvalue weighted by Gasteiger charge is -2.43. The van der Waals surface area contributed by atoms with Gasteiger partial charge in [0.15, 0.2) is 0 Å². The van der Waals surface area contributed by atoms with Gasteiger partial charge in [-0.05, 0) is 55.5 Å². The molecule has 2 N–H and O–H groups in total. The molecule has 31 heavy (non-hydrogen) atoms. The third-order valence-corrected chi connectivity index (χ3v) is 5.75. The summed E-state index contributed by atoms with van der Waals surface area (Å²) in [6.45, 7) is 5.75. The van der Waals surface area contributed by atoms with Crippen LogP contribution in [0.25, 0.3) is 0 Å². The SMILES string of the molecule is C=CCC1CCC(c2ccc(Cl)cc2)N(C(CC)CO)C1=O.CO.Clc1ccccc1. The van der Waals surface area contributed by atoms with Gasteiger partial charge >= 0.3 is 0 Å². The van der Waals surface area contributed by atoms with Crippen molar-refractivity contribution in [2.45, 2.75) is 44.7 Å². The fourth-order valence-corrected chi connectivity index (χ4v) is 3.95. The summed E-state index contributed by atoms with van der Waals surface area (Å²) in [5, 5.41) is 18.2. The Kier molecular flexibility index (Phi) is 13.2. The smallest absolute Gasteiger partial charge is 0.226 e. The van der Waals surface area contributed by atoms with Gasteiger partial charge in [0.2, 0.25) is 5.91 Å². The van der Waals surface area contributed by atoms with E-state index in [1.165, 1.54) is 0 Å². The molecule has 3 rings (SSSR count). The van der Waals surface area contributed by atoms with E-state index in [0.717, 1.165) is 37.0 Å². The number of carbonyl (C=O) groups is 1. The Hall–Kier alpha value is -1.85. The molecule has 3 unspecified atom stereocenters. The molecule has 0 aromatic heterocycles. The van der Waals surface area contributed by atoms with Gasteiger partial charge in [-0.1, -0.05) is 66.5 Å². The van der Waals surface area contributed by atoms with Crippen molar-refractivity contribution in [3.63, 3.8) is 0 Å². The number of rotatable bonds is 6. The number of hydrogen-bond acceptors (Lipinski definition) is 3. The van der Waals surface area contributed by atoms with E-state index in [9.17, 15) is 9.90 Å². The first-order chi connectivity index (χ1) is 15.0. The molecule has 1 fully saturated rings. The highest BCUT2D eigenvalue weighted by Gasteiger charge is 2.38. The van der Waals surface area contributed by atoms with Crippen molar-refractivity contribution in [2.75, 3.05) is 13.7 Å². The molecular weight excluding hydrogens is 433 g/mol. The van der Waals surface area contributed by atoms with E-state index >= 15 is 0 Å². The van der Waals surface area contributed by atoms with Crippen LogP contribution in [0.5, 0.6) is 0 Å². The average molecular weight is 466 g/mol. The van der Waals surface area contributed by atoms with E-state index in [0.29, 0.717) is 11.4 Å². The second-order valence-corrected chi connectivity index (χ2v) is 8.02. The molecule has 4 nitrogen and oxygen atoms in total. The molecule has 0 radical (unpaired) electrons. The molecule has 2 aromatic rings. The largest absolute Gasteiger partial charge is 0.400 e. The van der Waals surface area contributed by atoms with Crippen LogP contribution < -0.4 is 0 Å². The molecule has 0 bridgehead atoms. The number of amides is 1. The Labute approximate surface area is 196 Å². The first kappa shape index (κ1) is 27.2. The standard InChI is InChI=1S/C18H24ClNO2.C6H5Cl.CH4O/c1-3-5-14-8-11-17(13-6-9-15(19)10-7-13)20(18(14)22)16(4-2)12-21;7-6-4-2-1-3-5-6;1-2/h3,6-7,9-10,14,16-17,21H,1,4-5,8,11-12H2,2H3;1-5H;2H,1H3. The van der Waals surface area contributed by atoms with Crippen LogP contribution in [0.3, 0.4) is 0 Å². The maximum Gasteiger partial charge on any atom is 0.226 e. The fourth-order valence-electron chi connectivity index (χ4n) is 3.68. The number of carbonyl (C=O) groups excluding carboxylic acids is 1. The Morgan fingerprint density at radius 2 is 1.65 bits per heavy atom. The number of aliphatic hydroxyl groups is 2. The average Bonchev–Trinajstić information content (AvgIpc) is 2.80. The molecule has 1 aliphatic rings. The molecule has 0 saturated carbocycles. The first-order valence-corrected chi connectivity index (χ1v) is 11.2. The van der Waals surface area contributed by atoms with Gasteiger partial charge in [-0.3, -0.25) is 4.79 Å². The van der Waals surface area contributed by atoms with Crippen molar-refractivity contribution in [3.05, 3.63) is 82.9 Å². The van der Waals surface area contributed by atoms with Crippen LogP contribution in [0.2, 0.25) is 10.0 Å². The monoisotopic (exact) mass is 465 g/mol. The number of benzene rings is 2. The van der Waals surface area contributed by atoms with Gasteiger partial charge in [-0.2, -0.15) is 0 Å². The van der Waals surface area contributed by atoms with Crippen molar-refractivity contribution < 1.29 is 15.0 Å². The highest BCUT2D eigenvalue weighted by Crippen LogP contribution is 2.37. The second kappa shape index (κ2) is 15.0. The zero-order valence-corrected chi connectivity index (χ0v) is 19.8. The van der Waals surface area contributed by atoms with Gasteiger partial charge in [-0.15, -0.1) is 6.58 Å². The number of hydrogen-bond donors (Lipinski definition) is 2. The van der Waals surface area contributed by atoms with Crippen LogP contribution in [-0.4, -0.2) is 40.8 Å². The molecule has 1 amide bonds. The number of allylic oxidation sites excluding steroid dienone is 1. The van der Waals surface area contributed by atoms with Gasteiger partial charge in [0, 0.05) is 23.1 Å². The Bertz CT molecular complexity index is 764. The number of aliphatic hydroxyl groups excluding tert-OH is 2. The molecular formula is C25H33Cl2NO3. The van der Waals surface area contributed by atoms with Gasteiger partial charge in [0.25, 0.3) is 0 Å². The number of nitrogens with zero attached hydrogens (tertiary/aromatic N) is 1. The summed E-state index contributed by atoms with van der Waals surface area (Å²) in [6.07, 6.45) is 5.01. The quantitative estimate of drug-likeness (QED) is 0.520. The summed E-state index contributed by atoms with van der Waals surface area (Å²) in [5.74, 6) is 0.119. The number of halogens is 2. The third-order valence-electron chi connectivity index (χ3n) is 5.24. The maximum atomic E-state index is 12.9. The Balaban J connectivity index is 0.000000447. The van der Waals surface area contributed by atoms with E-state index in [1.807, 2.05) is 72.5 Å².